The zero-order chi connectivity index (χ0) is 105. The largest absolute Gasteiger partial charge is 0.643 e. The van der Waals surface area contributed by atoms with E-state index in [4.69, 9.17) is 91.5 Å². The Labute approximate surface area is 840 Å². The Morgan fingerprint density at radius 1 is 0.349 bits per heavy atom. The van der Waals surface area contributed by atoms with Gasteiger partial charge in [0.25, 0.3) is 0 Å². The van der Waals surface area contributed by atoms with Gasteiger partial charge in [0.1, 0.15) is 109 Å². The summed E-state index contributed by atoms with van der Waals surface area (Å²) in [6.45, 7) is 12.8. The molecular weight excluding hydrogens is 1900 g/mol. The van der Waals surface area contributed by atoms with Gasteiger partial charge in [-0.05, 0) is 55.0 Å². The number of benzene rings is 4. The van der Waals surface area contributed by atoms with Crippen LogP contribution in [0.15, 0.2) is 220 Å². The van der Waals surface area contributed by atoms with Gasteiger partial charge >= 0.3 is 100 Å². The van der Waals surface area contributed by atoms with E-state index in [1.54, 1.807) is 24.3 Å². The van der Waals surface area contributed by atoms with Crippen LogP contribution in [0.4, 0.5) is 44.0 Å². The maximum absolute atomic E-state index is 12.5. The predicted octanol–water partition coefficient (Wildman–Crippen LogP) is 10.7. The van der Waals surface area contributed by atoms with Crippen molar-refractivity contribution in [3.63, 3.8) is 0 Å². The molecule has 17 aliphatic rings. The summed E-state index contributed by atoms with van der Waals surface area (Å²) >= 11 is 0. The first kappa shape index (κ1) is 105. The number of ketones is 1. The molecule has 42 nitrogen and oxygen atoms in total. The standard InChI is InChI=1S/C15H16BNO4.C14H14BNO5.C14H14BNO4.C13H18BNO4.C13H12BNO4.C10H12BNO5.C10H10BNO4.C7H8BNO4/c1-11-9-13-10-14(18)21-16(13,20-11)15(19)17-8-7-12-5-3-2-4-6-12;1-10-7-12-8-13(17)21-15(12,20-10)14(18)16-19-9-11-5-3-2-4-6-11;1-10-7-12-8-13(17)20-15(12,19-10)14(18)16-9-11-5-3-2-4-6-11;2*1-9-7-10-8-12(16)19-14(10,18-9)13(17)15-11-5-3-2-4-6-11;1-6(13)5-12-10(15)11-8(3-7(2)16-11)4-9(14)17-11;1-3-4-12-10(14)11-8(5-7(2)15-11)6-9(13)16-11;1-4-2-5-3-6(10)13-8(5,12-4)7(9)11/h2-6H,1,7-10H2,(H,17,19);2-6H,1,7-9H2,(H,16,18);2-6H,1,7-9H2,(H,16,18);11H,1-8H2,(H,15,17);2-6H,1,7-8H2,(H,15,17);2-5H2,1H3,(H,12,15);1H,2,4-6H2,(H,12,14);1-3H2,(H2,9,11). The molecule has 16 aliphatic heterocycles. The number of Topliss-reactive ketones (excluding diaryl/α,β-unsaturated/α-hetero) is 1. The van der Waals surface area contributed by atoms with Crippen LogP contribution < -0.4 is 43.1 Å². The number of nitrogens with one attached hydrogen (secondary N) is 7. The normalized spacial score (nSPS) is 26.1. The van der Waals surface area contributed by atoms with E-state index >= 15 is 0 Å². The number of nitrogens with two attached hydrogens (primary N) is 1. The van der Waals surface area contributed by atoms with Gasteiger partial charge in [-0.2, -0.15) is 0 Å². The van der Waals surface area contributed by atoms with Gasteiger partial charge in [-0.1, -0.05) is 187 Å². The molecule has 756 valence electrons. The Bertz CT molecular complexity index is 5740. The number of fused-ring (bicyclic) bond motifs is 8. The lowest BCUT2D eigenvalue weighted by Gasteiger charge is -2.29. The number of primary amides is 1. The fraction of sp³-hybridized carbons (Fsp3) is 0.302. The topological polar surface area (TPSA) is 557 Å². The van der Waals surface area contributed by atoms with E-state index in [2.05, 4.69) is 95.9 Å². The quantitative estimate of drug-likeness (QED) is 0.0166. The van der Waals surface area contributed by atoms with Crippen molar-refractivity contribution in [2.24, 2.45) is 5.73 Å². The third-order valence-corrected chi connectivity index (χ3v) is 26.5. The van der Waals surface area contributed by atoms with Gasteiger partial charge in [-0.15, -0.1) is 6.42 Å². The molecule has 16 saturated heterocycles. The fourth-order valence-corrected chi connectivity index (χ4v) is 19.9. The number of hydrogen-bond acceptors (Lipinski definition) is 34. The molecule has 17 fully saturated rings. The molecule has 16 heterocycles. The van der Waals surface area contributed by atoms with E-state index in [0.29, 0.717) is 163 Å². The van der Waals surface area contributed by atoms with Crippen molar-refractivity contribution in [2.45, 2.75) is 167 Å². The summed E-state index contributed by atoms with van der Waals surface area (Å²) in [5, 5.41) is 16.1. The Kier molecular flexibility index (Phi) is 31.8. The van der Waals surface area contributed by atoms with E-state index in [9.17, 15) is 81.5 Å². The molecule has 1 saturated carbocycles. The predicted molar refractivity (Wildman–Crippen MR) is 525 cm³/mol. The molecule has 8 amide bonds. The zero-order valence-electron chi connectivity index (χ0n) is 80.0. The number of hydroxylamine groups is 1. The lowest BCUT2D eigenvalue weighted by Crippen LogP contribution is -2.56. The number of amides is 8. The molecule has 4 aromatic carbocycles. The summed E-state index contributed by atoms with van der Waals surface area (Å²) in [5.41, 5.74) is 11.1. The number of allylic oxidation sites excluding steroid dienone is 8. The van der Waals surface area contributed by atoms with Gasteiger partial charge in [-0.25, -0.2) is 0 Å². The Balaban J connectivity index is 0.000000132. The van der Waals surface area contributed by atoms with E-state index in [0.717, 1.165) is 48.2 Å². The zero-order valence-corrected chi connectivity index (χ0v) is 80.0. The molecule has 0 spiro atoms. The summed E-state index contributed by atoms with van der Waals surface area (Å²) in [7, 11) is 0. The third-order valence-electron chi connectivity index (χ3n) is 26.5. The van der Waals surface area contributed by atoms with Gasteiger partial charge in [0.05, 0.1) is 65.8 Å². The highest BCUT2D eigenvalue weighted by atomic mass is 16.7. The minimum absolute atomic E-state index is 0.0724. The van der Waals surface area contributed by atoms with Crippen LogP contribution in [-0.4, -0.2) is 178 Å². The Morgan fingerprint density at radius 3 is 0.979 bits per heavy atom. The van der Waals surface area contributed by atoms with Gasteiger partial charge < -0.3 is 150 Å². The molecule has 9 N–H and O–H groups in total. The first-order chi connectivity index (χ1) is 69.6. The summed E-state index contributed by atoms with van der Waals surface area (Å²) in [5.74, 6) is 3.65. The monoisotopic (exact) mass is 2000 g/mol. The first-order valence-corrected chi connectivity index (χ1v) is 47.3. The van der Waals surface area contributed by atoms with Crippen LogP contribution >= 0.6 is 0 Å². The van der Waals surface area contributed by atoms with Crippen LogP contribution in [0.25, 0.3) is 0 Å². The molecule has 50 heteroatoms. The van der Waals surface area contributed by atoms with Gasteiger partial charge in [0.15, 0.2) is 5.81 Å². The molecule has 0 bridgehead atoms. The second-order valence-electron chi connectivity index (χ2n) is 37.4. The lowest BCUT2D eigenvalue weighted by molar-refractivity contribution is -0.134. The highest BCUT2D eigenvalue weighted by Gasteiger charge is 2.75. The highest BCUT2D eigenvalue weighted by Crippen LogP contribution is 2.52. The summed E-state index contributed by atoms with van der Waals surface area (Å²) < 4.78 is 83.8. The van der Waals surface area contributed by atoms with Gasteiger partial charge in [0.2, 0.25) is 40.6 Å². The molecular formula is C96H104B8N8O34. The third kappa shape index (κ3) is 23.0. The van der Waals surface area contributed by atoms with Crippen LogP contribution in [0.3, 0.4) is 0 Å². The molecule has 146 heavy (non-hydrogen) atoms. The van der Waals surface area contributed by atoms with Crippen molar-refractivity contribution in [1.82, 2.24) is 32.1 Å². The number of terminal acetylenes is 1. The highest BCUT2D eigenvalue weighted by molar-refractivity contribution is 7.07. The van der Waals surface area contributed by atoms with E-state index in [1.165, 1.54) is 13.3 Å². The van der Waals surface area contributed by atoms with Crippen molar-refractivity contribution in [2.75, 3.05) is 25.0 Å². The van der Waals surface area contributed by atoms with Crippen LogP contribution in [0, 0.1) is 58.9 Å². The fourth-order valence-electron chi connectivity index (χ4n) is 19.9. The summed E-state index contributed by atoms with van der Waals surface area (Å²) in [6, 6.07) is 37.9. The number of para-hydroxylation sites is 1. The maximum atomic E-state index is 12.5. The molecule has 1 aliphatic carbocycles. The maximum Gasteiger partial charge on any atom is 0.643 e. The Hall–Kier alpha value is -16.6. The molecule has 0 aromatic heterocycles. The summed E-state index contributed by atoms with van der Waals surface area (Å²) in [4.78, 5) is 203. The van der Waals surface area contributed by atoms with Crippen molar-refractivity contribution in [1.29, 1.82) is 0 Å². The second kappa shape index (κ2) is 44.1. The SMILES string of the molecule is C#CCNC(=O)[B-]12OC(=C)C[C+]1CC(=O)O2.C=C1C[C+]2CC(=O)O[B-]2(C(=O)NC2CCCCC2)O1.C=C1C[C+]2CC(=O)O[B-]2(C(=O)NCC(C)=O)O1.C=C1C[C+]2CC(=O)O[B-]2(C(=O)NCCc2ccccc2)O1.C=C1C[C+]2CC(=O)O[B-]2(C(=O)NCc2ccccc2)O1.C=C1C[C+]2CC(=O)O[B-]2(C(=O)NOCc2ccccc2)O1.C=C1C[C+]2CC(=O)O[B-]2(C(=O)Nc2ccccc2)O1.C=C1C[C+]2CC(=O)O[B-]2(C(N)=O)O1. The van der Waals surface area contributed by atoms with Crippen molar-refractivity contribution in [3.05, 3.63) is 283 Å². The summed E-state index contributed by atoms with van der Waals surface area (Å²) in [6.07, 6.45) is 15.4. The first-order valence-electron chi connectivity index (χ1n) is 47.3. The van der Waals surface area contributed by atoms with Crippen LogP contribution in [0.2, 0.25) is 0 Å². The van der Waals surface area contributed by atoms with Crippen molar-refractivity contribution >= 4 is 158 Å². The van der Waals surface area contributed by atoms with Gasteiger partial charge in [-0.3, -0.25) is 53.5 Å². The minimum Gasteiger partial charge on any atom is -0.637 e. The average Bonchev–Trinajstić information content (AvgIpc) is 1.58. The lowest BCUT2D eigenvalue weighted by atomic mass is 9.47. The smallest absolute Gasteiger partial charge is 0.637 e. The van der Waals surface area contributed by atoms with E-state index in [-0.39, 0.29) is 100 Å². The number of hydrogen-bond donors (Lipinski definition) is 8. The number of carbonyl (C=O) groups is 17. The van der Waals surface area contributed by atoms with Crippen LogP contribution in [0.5, 0.6) is 0 Å². The second-order valence-corrected chi connectivity index (χ2v) is 37.4. The molecule has 21 rings (SSSR count). The van der Waals surface area contributed by atoms with E-state index in [1.807, 2.05) is 97.1 Å². The number of rotatable bonds is 21. The average molecular weight is 2000 g/mol. The Morgan fingerprint density at radius 2 is 0.637 bits per heavy atom. The molecule has 4 aromatic rings. The van der Waals surface area contributed by atoms with Crippen LogP contribution in [0.1, 0.15) is 158 Å². The molecule has 0 radical (unpaired) electrons. The van der Waals surface area contributed by atoms with Gasteiger partial charge in [0, 0.05) is 71.4 Å². The minimum atomic E-state index is -2.46. The molecule has 8 atom stereocenters. The van der Waals surface area contributed by atoms with Crippen molar-refractivity contribution < 1.29 is 161 Å². The van der Waals surface area contributed by atoms with Crippen LogP contribution in [-0.2, 0) is 142 Å². The van der Waals surface area contributed by atoms with E-state index < -0.39 is 129 Å². The number of carbonyl (C=O) groups excluding carboxylic acids is 17. The number of anilines is 1. The molecule has 8 unspecified atom stereocenters. The van der Waals surface area contributed by atoms with Crippen molar-refractivity contribution in [3.8, 4) is 12.3 Å².